The maximum atomic E-state index is 13.6. The lowest BCUT2D eigenvalue weighted by Crippen LogP contribution is -2.61. The van der Waals surface area contributed by atoms with Gasteiger partial charge in [0, 0.05) is 18.9 Å². The molecule has 4 fully saturated rings. The van der Waals surface area contributed by atoms with Crippen molar-refractivity contribution in [2.75, 3.05) is 13.7 Å². The lowest BCUT2D eigenvalue weighted by molar-refractivity contribution is -0.346. The van der Waals surface area contributed by atoms with Gasteiger partial charge < -0.3 is 39.4 Å². The van der Waals surface area contributed by atoms with Gasteiger partial charge in [-0.1, -0.05) is 44.6 Å². The van der Waals surface area contributed by atoms with Gasteiger partial charge in [-0.3, -0.25) is 14.4 Å². The van der Waals surface area contributed by atoms with E-state index in [1.54, 1.807) is 19.9 Å². The fourth-order valence-corrected chi connectivity index (χ4v) is 6.82. The van der Waals surface area contributed by atoms with E-state index in [4.69, 9.17) is 18.9 Å². The number of fused-ring (bicyclic) bond motifs is 3. The fraction of sp³-hybridized carbons (Fsp3) is 0.656. The van der Waals surface area contributed by atoms with Gasteiger partial charge in [-0.05, 0) is 45.8 Å². The lowest BCUT2D eigenvalue weighted by Gasteiger charge is -2.51. The van der Waals surface area contributed by atoms with Crippen LogP contribution < -0.4 is 5.32 Å². The molecule has 5 aliphatic rings. The minimum Gasteiger partial charge on any atom is -0.507 e. The van der Waals surface area contributed by atoms with Crippen LogP contribution in [0.1, 0.15) is 54.4 Å². The standard InChI is InChI=1S/C32H44N2O9/c1-16(14-17(2)28-18(3)23-12-13-32(15-40-32)31(6,42-23)43-28)8-9-22(36)25-27(37)26(19(4)29(38)33-7)34(30(25)39)24-11-10-21(35)20(5)41-24/h8-9,12-14,17-21,23-24,26,28,35-36H,10-11,15H2,1-7H3,(H,33,38)/b9-8+,16-14+,25-22-. The topological polar surface area (TPSA) is 147 Å². The number of likely N-dealkylation sites (tertiary alicyclic amines) is 1. The van der Waals surface area contributed by atoms with Crippen LogP contribution in [0.25, 0.3) is 0 Å². The van der Waals surface area contributed by atoms with Crippen molar-refractivity contribution in [3.05, 3.63) is 47.3 Å². The molecule has 5 aliphatic heterocycles. The van der Waals surface area contributed by atoms with E-state index < -0.39 is 65.1 Å². The summed E-state index contributed by atoms with van der Waals surface area (Å²) < 4.78 is 24.3. The summed E-state index contributed by atoms with van der Waals surface area (Å²) in [6.07, 6.45) is 7.46. The summed E-state index contributed by atoms with van der Waals surface area (Å²) >= 11 is 0. The van der Waals surface area contributed by atoms with E-state index in [2.05, 4.69) is 31.3 Å². The molecule has 0 aliphatic carbocycles. The number of nitrogens with one attached hydrogen (secondary N) is 1. The molecule has 43 heavy (non-hydrogen) atoms. The highest BCUT2D eigenvalue weighted by molar-refractivity contribution is 6.27. The van der Waals surface area contributed by atoms with Crippen LogP contribution in [-0.4, -0.2) is 94.4 Å². The second-order valence-corrected chi connectivity index (χ2v) is 12.7. The predicted molar refractivity (Wildman–Crippen MR) is 155 cm³/mol. The summed E-state index contributed by atoms with van der Waals surface area (Å²) in [4.78, 5) is 41.1. The van der Waals surface area contributed by atoms with Crippen molar-refractivity contribution in [3.63, 3.8) is 0 Å². The summed E-state index contributed by atoms with van der Waals surface area (Å²) in [7, 11) is 1.46. The largest absolute Gasteiger partial charge is 0.507 e. The monoisotopic (exact) mass is 600 g/mol. The number of amides is 2. The fourth-order valence-electron chi connectivity index (χ4n) is 6.82. The third-order valence-electron chi connectivity index (χ3n) is 9.67. The third kappa shape index (κ3) is 5.50. The molecule has 2 bridgehead atoms. The average molecular weight is 601 g/mol. The van der Waals surface area contributed by atoms with E-state index in [1.165, 1.54) is 18.0 Å². The summed E-state index contributed by atoms with van der Waals surface area (Å²) in [6.45, 7) is 11.7. The molecule has 11 atom stereocenters. The quantitative estimate of drug-likeness (QED) is 0.100. The number of aliphatic hydroxyl groups is 2. The van der Waals surface area contributed by atoms with Gasteiger partial charge in [0.2, 0.25) is 11.7 Å². The molecule has 236 valence electrons. The first-order valence-electron chi connectivity index (χ1n) is 15.1. The number of ketones is 1. The van der Waals surface area contributed by atoms with Crippen molar-refractivity contribution in [2.45, 2.75) is 102 Å². The first-order chi connectivity index (χ1) is 20.2. The van der Waals surface area contributed by atoms with E-state index in [0.717, 1.165) is 5.57 Å². The van der Waals surface area contributed by atoms with Gasteiger partial charge >= 0.3 is 0 Å². The number of carbonyl (C=O) groups excluding carboxylic acids is 3. The van der Waals surface area contributed by atoms with Crippen LogP contribution in [-0.2, 0) is 33.3 Å². The Balaban J connectivity index is 1.36. The Hall–Kier alpha value is -2.83. The summed E-state index contributed by atoms with van der Waals surface area (Å²) in [5, 5.41) is 23.7. The Kier molecular flexibility index (Phi) is 8.51. The number of Topliss-reactive ketones (excluding diaryl/α,β-unsaturated/α-hetero) is 1. The van der Waals surface area contributed by atoms with Gasteiger partial charge in [0.1, 0.15) is 23.6 Å². The third-order valence-corrected chi connectivity index (χ3v) is 9.67. The second kappa shape index (κ2) is 11.6. The Labute approximate surface area is 252 Å². The van der Waals surface area contributed by atoms with Crippen molar-refractivity contribution in [2.24, 2.45) is 17.8 Å². The molecule has 0 radical (unpaired) electrons. The number of allylic oxidation sites excluding steroid dienone is 3. The summed E-state index contributed by atoms with van der Waals surface area (Å²) in [5.41, 5.74) is -0.127. The highest BCUT2D eigenvalue weighted by Crippen LogP contribution is 2.52. The SMILES string of the molecule is CNC(=O)C(C)C1C(=O)\C(=C(O)/C=C/C(C)=C/C(C)C2OC3(C)OC(C=CC34CO4)C2C)C(=O)N1C1CCC(O)C(C)O1. The zero-order valence-corrected chi connectivity index (χ0v) is 25.9. The molecular formula is C32H44N2O9. The zero-order chi connectivity index (χ0) is 31.4. The molecule has 4 saturated heterocycles. The van der Waals surface area contributed by atoms with Gasteiger partial charge in [0.25, 0.3) is 5.91 Å². The minimum absolute atomic E-state index is 0.0220. The Bertz CT molecular complexity index is 1280. The highest BCUT2D eigenvalue weighted by Gasteiger charge is 2.66. The second-order valence-electron chi connectivity index (χ2n) is 12.7. The zero-order valence-electron chi connectivity index (χ0n) is 25.9. The van der Waals surface area contributed by atoms with Crippen LogP contribution in [0.3, 0.4) is 0 Å². The number of rotatable bonds is 7. The van der Waals surface area contributed by atoms with Gasteiger partial charge in [0.15, 0.2) is 11.4 Å². The summed E-state index contributed by atoms with van der Waals surface area (Å²) in [6, 6.07) is -1.15. The van der Waals surface area contributed by atoms with Gasteiger partial charge in [-0.25, -0.2) is 0 Å². The van der Waals surface area contributed by atoms with Gasteiger partial charge in [0.05, 0.1) is 36.9 Å². The first-order valence-corrected chi connectivity index (χ1v) is 15.1. The molecule has 0 saturated carbocycles. The van der Waals surface area contributed by atoms with Crippen molar-refractivity contribution in [1.29, 1.82) is 0 Å². The molecule has 0 aromatic heterocycles. The smallest absolute Gasteiger partial charge is 0.264 e. The normalized spacial score (nSPS) is 42.0. The number of nitrogens with zero attached hydrogens (tertiary/aromatic N) is 1. The highest BCUT2D eigenvalue weighted by atomic mass is 16.8. The van der Waals surface area contributed by atoms with E-state index in [-0.39, 0.29) is 29.6 Å². The molecule has 11 unspecified atom stereocenters. The van der Waals surface area contributed by atoms with Gasteiger partial charge in [-0.2, -0.15) is 0 Å². The number of carbonyl (C=O) groups is 3. The predicted octanol–water partition coefficient (Wildman–Crippen LogP) is 2.46. The molecular weight excluding hydrogens is 556 g/mol. The Morgan fingerprint density at radius 3 is 2.51 bits per heavy atom. The first kappa shape index (κ1) is 31.6. The maximum absolute atomic E-state index is 13.6. The average Bonchev–Trinajstić information content (AvgIpc) is 3.71. The molecule has 5 rings (SSSR count). The lowest BCUT2D eigenvalue weighted by atomic mass is 9.82. The number of hydrogen-bond donors (Lipinski definition) is 3. The maximum Gasteiger partial charge on any atom is 0.264 e. The number of epoxide rings is 1. The van der Waals surface area contributed by atoms with Crippen LogP contribution in [0, 0.1) is 17.8 Å². The van der Waals surface area contributed by atoms with Crippen molar-refractivity contribution in [3.8, 4) is 0 Å². The van der Waals surface area contributed by atoms with E-state index in [9.17, 15) is 24.6 Å². The molecule has 0 aromatic rings. The van der Waals surface area contributed by atoms with Crippen LogP contribution in [0.5, 0.6) is 0 Å². The van der Waals surface area contributed by atoms with Crippen molar-refractivity contribution < 1.29 is 43.5 Å². The molecule has 5 heterocycles. The number of hydrogen-bond acceptors (Lipinski definition) is 9. The van der Waals surface area contributed by atoms with Crippen LogP contribution >= 0.6 is 0 Å². The van der Waals surface area contributed by atoms with Crippen LogP contribution in [0.2, 0.25) is 0 Å². The van der Waals surface area contributed by atoms with E-state index in [1.807, 2.05) is 19.9 Å². The van der Waals surface area contributed by atoms with Crippen LogP contribution in [0.4, 0.5) is 0 Å². The molecule has 0 aromatic carbocycles. The van der Waals surface area contributed by atoms with Gasteiger partial charge in [-0.15, -0.1) is 0 Å². The van der Waals surface area contributed by atoms with Crippen LogP contribution in [0.15, 0.2) is 47.3 Å². The molecule has 2 amide bonds. The summed E-state index contributed by atoms with van der Waals surface area (Å²) in [5.74, 6) is -3.93. The van der Waals surface area contributed by atoms with Crippen molar-refractivity contribution in [1.82, 2.24) is 10.2 Å². The Morgan fingerprint density at radius 2 is 1.88 bits per heavy atom. The molecule has 11 heteroatoms. The number of ether oxygens (including phenoxy) is 4. The minimum atomic E-state index is -1.15. The molecule has 11 nitrogen and oxygen atoms in total. The molecule has 1 spiro atoms. The molecule has 3 N–H and O–H groups in total. The number of aliphatic hydroxyl groups excluding tert-OH is 2. The van der Waals surface area contributed by atoms with Crippen molar-refractivity contribution >= 4 is 17.6 Å². The van der Waals surface area contributed by atoms with E-state index in [0.29, 0.717) is 19.4 Å². The Morgan fingerprint density at radius 1 is 1.19 bits per heavy atom. The van der Waals surface area contributed by atoms with E-state index >= 15 is 0 Å².